The summed E-state index contributed by atoms with van der Waals surface area (Å²) in [5.41, 5.74) is -0.0865. The van der Waals surface area contributed by atoms with E-state index in [0.29, 0.717) is 6.04 Å². The largest absolute Gasteiger partial charge is 0.348 e. The molecule has 0 spiro atoms. The fourth-order valence-electron chi connectivity index (χ4n) is 2.64. The SMILES string of the molecule is O=C(NC1CCC(n2cnnc2)CC1)c1c[nH]c(=O)cn1. The first-order chi connectivity index (χ1) is 10.2. The van der Waals surface area contributed by atoms with Gasteiger partial charge in [-0.05, 0) is 25.7 Å². The van der Waals surface area contributed by atoms with Crippen LogP contribution in [0.2, 0.25) is 0 Å². The molecule has 2 aromatic heterocycles. The molecule has 1 fully saturated rings. The molecule has 1 saturated carbocycles. The second-order valence-corrected chi connectivity index (χ2v) is 5.18. The number of nitrogens with one attached hydrogen (secondary N) is 2. The maximum atomic E-state index is 12.0. The number of H-pyrrole nitrogens is 1. The first-order valence-corrected chi connectivity index (χ1v) is 6.92. The second-order valence-electron chi connectivity index (χ2n) is 5.18. The van der Waals surface area contributed by atoms with E-state index >= 15 is 0 Å². The lowest BCUT2D eigenvalue weighted by Crippen LogP contribution is -2.38. The number of carbonyl (C=O) groups is 1. The molecule has 0 aromatic carbocycles. The molecule has 1 aliphatic carbocycles. The molecule has 2 heterocycles. The molecule has 1 aliphatic rings. The maximum absolute atomic E-state index is 12.0. The van der Waals surface area contributed by atoms with E-state index in [4.69, 9.17) is 0 Å². The van der Waals surface area contributed by atoms with Crippen molar-refractivity contribution in [3.8, 4) is 0 Å². The van der Waals surface area contributed by atoms with Gasteiger partial charge in [-0.3, -0.25) is 9.59 Å². The molecule has 0 radical (unpaired) electrons. The Morgan fingerprint density at radius 2 is 1.95 bits per heavy atom. The quantitative estimate of drug-likeness (QED) is 0.843. The van der Waals surface area contributed by atoms with Crippen LogP contribution in [0.5, 0.6) is 0 Å². The molecule has 0 atom stereocenters. The van der Waals surface area contributed by atoms with Crippen LogP contribution >= 0.6 is 0 Å². The summed E-state index contributed by atoms with van der Waals surface area (Å²) in [6.07, 6.45) is 9.65. The second kappa shape index (κ2) is 5.86. The lowest BCUT2D eigenvalue weighted by atomic mass is 9.91. The Labute approximate surface area is 120 Å². The zero-order valence-corrected chi connectivity index (χ0v) is 11.4. The minimum atomic E-state index is -0.319. The van der Waals surface area contributed by atoms with Crippen LogP contribution in [0.25, 0.3) is 0 Å². The van der Waals surface area contributed by atoms with Gasteiger partial charge in [0.25, 0.3) is 11.5 Å². The van der Waals surface area contributed by atoms with Crippen molar-refractivity contribution in [3.05, 3.63) is 41.1 Å². The molecule has 0 aliphatic heterocycles. The molecule has 110 valence electrons. The zero-order valence-electron chi connectivity index (χ0n) is 11.4. The van der Waals surface area contributed by atoms with E-state index in [0.717, 1.165) is 31.9 Å². The van der Waals surface area contributed by atoms with Crippen LogP contribution in [0.15, 0.2) is 29.8 Å². The summed E-state index contributed by atoms with van der Waals surface area (Å²) in [6.45, 7) is 0. The topological polar surface area (TPSA) is 106 Å². The van der Waals surface area contributed by atoms with Crippen LogP contribution < -0.4 is 10.9 Å². The van der Waals surface area contributed by atoms with Gasteiger partial charge in [0, 0.05) is 18.3 Å². The maximum Gasteiger partial charge on any atom is 0.271 e. The normalized spacial score (nSPS) is 21.9. The minimum Gasteiger partial charge on any atom is -0.348 e. The molecule has 3 rings (SSSR count). The lowest BCUT2D eigenvalue weighted by Gasteiger charge is -2.29. The van der Waals surface area contributed by atoms with Gasteiger partial charge in [0.2, 0.25) is 0 Å². The van der Waals surface area contributed by atoms with Crippen molar-refractivity contribution in [2.75, 3.05) is 0 Å². The molecule has 0 unspecified atom stereocenters. The third-order valence-electron chi connectivity index (χ3n) is 3.79. The lowest BCUT2D eigenvalue weighted by molar-refractivity contribution is 0.0917. The van der Waals surface area contributed by atoms with Gasteiger partial charge in [0.15, 0.2) is 0 Å². The van der Waals surface area contributed by atoms with Gasteiger partial charge >= 0.3 is 0 Å². The highest BCUT2D eigenvalue weighted by Crippen LogP contribution is 2.27. The predicted octanol–water partition coefficient (Wildman–Crippen LogP) is 0.275. The number of aromatic nitrogens is 5. The summed E-state index contributed by atoms with van der Waals surface area (Å²) >= 11 is 0. The van der Waals surface area contributed by atoms with Crippen molar-refractivity contribution in [2.24, 2.45) is 0 Å². The van der Waals surface area contributed by atoms with E-state index in [1.54, 1.807) is 12.7 Å². The third kappa shape index (κ3) is 3.15. The monoisotopic (exact) mass is 288 g/mol. The molecular formula is C13H16N6O2. The average Bonchev–Trinajstić information content (AvgIpc) is 3.03. The van der Waals surface area contributed by atoms with Gasteiger partial charge in [-0.2, -0.15) is 0 Å². The number of hydrogen-bond donors (Lipinski definition) is 2. The highest BCUT2D eigenvalue weighted by atomic mass is 16.2. The molecule has 1 amide bonds. The van der Waals surface area contributed by atoms with Crippen LogP contribution in [0.3, 0.4) is 0 Å². The van der Waals surface area contributed by atoms with Crippen molar-refractivity contribution in [1.29, 1.82) is 0 Å². The Hall–Kier alpha value is -2.51. The van der Waals surface area contributed by atoms with E-state index in [1.807, 2.05) is 4.57 Å². The molecule has 0 saturated heterocycles. The predicted molar refractivity (Wildman–Crippen MR) is 73.6 cm³/mol. The van der Waals surface area contributed by atoms with Gasteiger partial charge < -0.3 is 14.9 Å². The first kappa shape index (κ1) is 13.5. The third-order valence-corrected chi connectivity index (χ3v) is 3.79. The van der Waals surface area contributed by atoms with Crippen LogP contribution in [0, 0.1) is 0 Å². The van der Waals surface area contributed by atoms with Crippen molar-refractivity contribution >= 4 is 5.91 Å². The van der Waals surface area contributed by atoms with Crippen molar-refractivity contribution in [2.45, 2.75) is 37.8 Å². The first-order valence-electron chi connectivity index (χ1n) is 6.92. The van der Waals surface area contributed by atoms with Gasteiger partial charge in [-0.25, -0.2) is 4.98 Å². The Morgan fingerprint density at radius 3 is 2.57 bits per heavy atom. The number of carbonyl (C=O) groups excluding carboxylic acids is 1. The summed E-state index contributed by atoms with van der Waals surface area (Å²) < 4.78 is 2.02. The molecule has 2 aromatic rings. The Balaban J connectivity index is 1.54. The minimum absolute atomic E-state index is 0.138. The molecule has 21 heavy (non-hydrogen) atoms. The summed E-state index contributed by atoms with van der Waals surface area (Å²) in [5.74, 6) is -0.251. The van der Waals surface area contributed by atoms with Gasteiger partial charge in [-0.15, -0.1) is 10.2 Å². The van der Waals surface area contributed by atoms with Crippen LogP contribution in [-0.2, 0) is 0 Å². The number of aromatic amines is 1. The molecule has 8 nitrogen and oxygen atoms in total. The summed E-state index contributed by atoms with van der Waals surface area (Å²) in [4.78, 5) is 29.2. The Morgan fingerprint density at radius 1 is 1.24 bits per heavy atom. The average molecular weight is 288 g/mol. The summed E-state index contributed by atoms with van der Waals surface area (Å²) in [5, 5.41) is 10.6. The van der Waals surface area contributed by atoms with Crippen molar-refractivity contribution < 1.29 is 4.79 Å². The fraction of sp³-hybridized carbons (Fsp3) is 0.462. The van der Waals surface area contributed by atoms with Gasteiger partial charge in [0.1, 0.15) is 18.3 Å². The van der Waals surface area contributed by atoms with Gasteiger partial charge in [0.05, 0.1) is 6.20 Å². The summed E-state index contributed by atoms with van der Waals surface area (Å²) in [7, 11) is 0. The Kier molecular flexibility index (Phi) is 3.76. The smallest absolute Gasteiger partial charge is 0.271 e. The van der Waals surface area contributed by atoms with Crippen molar-refractivity contribution in [1.82, 2.24) is 30.0 Å². The molecule has 2 N–H and O–H groups in total. The molecular weight excluding hydrogens is 272 g/mol. The summed E-state index contributed by atoms with van der Waals surface area (Å²) in [6, 6.07) is 0.540. The van der Waals surface area contributed by atoms with Gasteiger partial charge in [-0.1, -0.05) is 0 Å². The Bertz CT molecular complexity index is 637. The number of rotatable bonds is 3. The van der Waals surface area contributed by atoms with E-state index in [2.05, 4.69) is 25.5 Å². The molecule has 0 bridgehead atoms. The van der Waals surface area contributed by atoms with Crippen LogP contribution in [-0.4, -0.2) is 36.7 Å². The van der Waals surface area contributed by atoms with E-state index in [9.17, 15) is 9.59 Å². The highest BCUT2D eigenvalue weighted by molar-refractivity contribution is 5.92. The number of hydrogen-bond acceptors (Lipinski definition) is 5. The zero-order chi connectivity index (χ0) is 14.7. The van der Waals surface area contributed by atoms with Crippen molar-refractivity contribution in [3.63, 3.8) is 0 Å². The van der Waals surface area contributed by atoms with E-state index in [1.165, 1.54) is 6.20 Å². The number of nitrogens with zero attached hydrogens (tertiary/aromatic N) is 4. The van der Waals surface area contributed by atoms with E-state index < -0.39 is 0 Å². The number of amides is 1. The fourth-order valence-corrected chi connectivity index (χ4v) is 2.64. The molecule has 8 heteroatoms. The standard InChI is InChI=1S/C13H16N6O2/c20-12-6-14-11(5-15-12)13(21)18-9-1-3-10(4-2-9)19-7-16-17-8-19/h5-10H,1-4H2,(H,15,20)(H,18,21). The van der Waals surface area contributed by atoms with E-state index in [-0.39, 0.29) is 23.2 Å². The van der Waals surface area contributed by atoms with Crippen LogP contribution in [0.4, 0.5) is 0 Å². The van der Waals surface area contributed by atoms with Crippen LogP contribution in [0.1, 0.15) is 42.2 Å². The highest BCUT2D eigenvalue weighted by Gasteiger charge is 2.24.